The monoisotopic (exact) mass is 431 g/mol. The SMILES string of the molecule is CCC(COCOCCN1CC1)(COCOCCN1CC1)COCOCCN1CC1. The first-order chi connectivity index (χ1) is 14.8. The molecule has 176 valence electrons. The maximum absolute atomic E-state index is 5.83. The zero-order valence-corrected chi connectivity index (χ0v) is 18.7. The lowest BCUT2D eigenvalue weighted by Gasteiger charge is -2.32. The van der Waals surface area contributed by atoms with Gasteiger partial charge in [0.2, 0.25) is 0 Å². The van der Waals surface area contributed by atoms with Crippen LogP contribution in [-0.4, -0.2) is 134 Å². The van der Waals surface area contributed by atoms with E-state index in [0.29, 0.717) is 60.0 Å². The molecule has 0 aromatic heterocycles. The van der Waals surface area contributed by atoms with Crippen molar-refractivity contribution in [3.05, 3.63) is 0 Å². The van der Waals surface area contributed by atoms with Crippen molar-refractivity contribution < 1.29 is 28.4 Å². The van der Waals surface area contributed by atoms with E-state index in [4.69, 9.17) is 28.4 Å². The highest BCUT2D eigenvalue weighted by atomic mass is 16.7. The van der Waals surface area contributed by atoms with Crippen molar-refractivity contribution in [2.24, 2.45) is 5.41 Å². The van der Waals surface area contributed by atoms with Gasteiger partial charge in [0, 0.05) is 64.3 Å². The lowest BCUT2D eigenvalue weighted by atomic mass is 9.88. The van der Waals surface area contributed by atoms with E-state index >= 15 is 0 Å². The molecule has 3 rings (SSSR count). The van der Waals surface area contributed by atoms with Crippen molar-refractivity contribution in [2.45, 2.75) is 13.3 Å². The van der Waals surface area contributed by atoms with Gasteiger partial charge in [-0.15, -0.1) is 0 Å². The molecule has 30 heavy (non-hydrogen) atoms. The molecule has 3 aliphatic heterocycles. The van der Waals surface area contributed by atoms with E-state index in [2.05, 4.69) is 21.6 Å². The molecule has 0 atom stereocenters. The van der Waals surface area contributed by atoms with Gasteiger partial charge in [-0.1, -0.05) is 6.92 Å². The highest BCUT2D eigenvalue weighted by molar-refractivity contribution is 4.77. The molecule has 0 unspecified atom stereocenters. The molecule has 0 aliphatic carbocycles. The number of rotatable bonds is 22. The average Bonchev–Trinajstić information content (AvgIpc) is 3.61. The predicted octanol–water partition coefficient (Wildman–Crippen LogP) is 0.302. The van der Waals surface area contributed by atoms with Gasteiger partial charge in [-0.3, -0.25) is 14.7 Å². The first kappa shape index (κ1) is 24.3. The predicted molar refractivity (Wildman–Crippen MR) is 112 cm³/mol. The third kappa shape index (κ3) is 11.3. The summed E-state index contributed by atoms with van der Waals surface area (Å²) in [6.07, 6.45) is 0.877. The van der Waals surface area contributed by atoms with Gasteiger partial charge >= 0.3 is 0 Å². The standard InChI is InChI=1S/C21H41N3O6/c1-2-21(15-28-18-25-12-9-22-3-4-22,16-29-19-26-13-10-23-5-6-23)17-30-20-27-14-11-24-7-8-24/h2-20H2,1H3. The Bertz CT molecular complexity index is 387. The fourth-order valence-electron chi connectivity index (χ4n) is 3.02. The number of hydrogen-bond acceptors (Lipinski definition) is 9. The molecule has 0 bridgehead atoms. The summed E-state index contributed by atoms with van der Waals surface area (Å²) in [5.41, 5.74) is -0.240. The minimum atomic E-state index is -0.240. The first-order valence-electron chi connectivity index (χ1n) is 11.4. The molecule has 9 heteroatoms. The van der Waals surface area contributed by atoms with Gasteiger partial charge in [0.15, 0.2) is 0 Å². The quantitative estimate of drug-likeness (QED) is 0.137. The zero-order valence-electron chi connectivity index (χ0n) is 18.7. The van der Waals surface area contributed by atoms with Crippen molar-refractivity contribution in [2.75, 3.05) is 119 Å². The Hall–Kier alpha value is -0.360. The van der Waals surface area contributed by atoms with Gasteiger partial charge in [0.1, 0.15) is 20.4 Å². The van der Waals surface area contributed by atoms with Crippen LogP contribution in [0.5, 0.6) is 0 Å². The number of ether oxygens (including phenoxy) is 6. The summed E-state index contributed by atoms with van der Waals surface area (Å²) in [6, 6.07) is 0. The van der Waals surface area contributed by atoms with E-state index in [1.165, 1.54) is 39.3 Å². The molecule has 0 aromatic carbocycles. The largest absolute Gasteiger partial charge is 0.355 e. The number of hydrogen-bond donors (Lipinski definition) is 0. The minimum absolute atomic E-state index is 0.240. The van der Waals surface area contributed by atoms with Crippen LogP contribution in [-0.2, 0) is 28.4 Å². The third-order valence-electron chi connectivity index (χ3n) is 5.75. The molecule has 3 saturated heterocycles. The summed E-state index contributed by atoms with van der Waals surface area (Å²) in [5, 5.41) is 0. The van der Waals surface area contributed by atoms with Crippen LogP contribution in [0.2, 0.25) is 0 Å². The minimum Gasteiger partial charge on any atom is -0.355 e. The molecule has 9 nitrogen and oxygen atoms in total. The normalized spacial score (nSPS) is 19.5. The van der Waals surface area contributed by atoms with Crippen LogP contribution < -0.4 is 0 Å². The highest BCUT2D eigenvalue weighted by Gasteiger charge is 2.30. The van der Waals surface area contributed by atoms with Crippen LogP contribution in [0.1, 0.15) is 13.3 Å². The molecule has 3 fully saturated rings. The zero-order chi connectivity index (χ0) is 20.9. The summed E-state index contributed by atoms with van der Waals surface area (Å²) in [4.78, 5) is 7.00. The molecule has 3 aliphatic rings. The van der Waals surface area contributed by atoms with Crippen molar-refractivity contribution in [3.63, 3.8) is 0 Å². The Morgan fingerprint density at radius 3 is 1.13 bits per heavy atom. The third-order valence-corrected chi connectivity index (χ3v) is 5.75. The van der Waals surface area contributed by atoms with Crippen LogP contribution in [0.4, 0.5) is 0 Å². The van der Waals surface area contributed by atoms with Crippen molar-refractivity contribution >= 4 is 0 Å². The van der Waals surface area contributed by atoms with E-state index in [1.54, 1.807) is 0 Å². The lowest BCUT2D eigenvalue weighted by molar-refractivity contribution is -0.156. The lowest BCUT2D eigenvalue weighted by Crippen LogP contribution is -2.38. The second-order valence-corrected chi connectivity index (χ2v) is 8.50. The first-order valence-corrected chi connectivity index (χ1v) is 11.4. The van der Waals surface area contributed by atoms with E-state index in [1.807, 2.05) is 0 Å². The Balaban J connectivity index is 1.28. The molecule has 0 aromatic rings. The van der Waals surface area contributed by atoms with Crippen LogP contribution in [0.3, 0.4) is 0 Å². The molecule has 0 saturated carbocycles. The maximum atomic E-state index is 5.83. The molecule has 0 radical (unpaired) electrons. The Morgan fingerprint density at radius 2 is 0.867 bits per heavy atom. The smallest absolute Gasteiger partial charge is 0.146 e. The van der Waals surface area contributed by atoms with E-state index in [9.17, 15) is 0 Å². The van der Waals surface area contributed by atoms with Gasteiger partial charge in [0.05, 0.1) is 39.6 Å². The number of nitrogens with zero attached hydrogens (tertiary/aromatic N) is 3. The molecule has 0 spiro atoms. The summed E-state index contributed by atoms with van der Waals surface area (Å²) in [7, 11) is 0. The van der Waals surface area contributed by atoms with Crippen LogP contribution in [0, 0.1) is 5.41 Å². The van der Waals surface area contributed by atoms with Crippen LogP contribution in [0.25, 0.3) is 0 Å². The molecule has 3 heterocycles. The fraction of sp³-hybridized carbons (Fsp3) is 1.00. The Labute approximate surface area is 181 Å². The topological polar surface area (TPSA) is 64.4 Å². The second-order valence-electron chi connectivity index (χ2n) is 8.50. The summed E-state index contributed by atoms with van der Waals surface area (Å²) in [5.74, 6) is 0. The van der Waals surface area contributed by atoms with Gasteiger partial charge in [-0.2, -0.15) is 0 Å². The van der Waals surface area contributed by atoms with E-state index in [0.717, 1.165) is 26.1 Å². The molecular formula is C21H41N3O6. The Kier molecular flexibility index (Phi) is 11.3. The molecule has 0 N–H and O–H groups in total. The summed E-state index contributed by atoms with van der Waals surface area (Å²) in [6.45, 7) is 16.8. The van der Waals surface area contributed by atoms with Gasteiger partial charge < -0.3 is 28.4 Å². The van der Waals surface area contributed by atoms with Gasteiger partial charge in [0.25, 0.3) is 0 Å². The van der Waals surface area contributed by atoms with Crippen molar-refractivity contribution in [1.29, 1.82) is 0 Å². The molecule has 0 amide bonds. The van der Waals surface area contributed by atoms with Crippen LogP contribution in [0.15, 0.2) is 0 Å². The van der Waals surface area contributed by atoms with Crippen molar-refractivity contribution in [3.8, 4) is 0 Å². The summed E-state index contributed by atoms with van der Waals surface area (Å²) < 4.78 is 34.3. The van der Waals surface area contributed by atoms with E-state index < -0.39 is 0 Å². The van der Waals surface area contributed by atoms with Gasteiger partial charge in [-0.05, 0) is 6.42 Å². The van der Waals surface area contributed by atoms with Crippen LogP contribution >= 0.6 is 0 Å². The fourth-order valence-corrected chi connectivity index (χ4v) is 3.02. The second kappa shape index (κ2) is 13.9. The van der Waals surface area contributed by atoms with E-state index in [-0.39, 0.29) is 5.41 Å². The molecular weight excluding hydrogens is 390 g/mol. The van der Waals surface area contributed by atoms with Gasteiger partial charge in [-0.25, -0.2) is 0 Å². The average molecular weight is 432 g/mol. The van der Waals surface area contributed by atoms with Crippen molar-refractivity contribution in [1.82, 2.24) is 14.7 Å². The Morgan fingerprint density at radius 1 is 0.533 bits per heavy atom. The summed E-state index contributed by atoms with van der Waals surface area (Å²) >= 11 is 0. The maximum Gasteiger partial charge on any atom is 0.146 e. The highest BCUT2D eigenvalue weighted by Crippen LogP contribution is 2.24.